The number of hydrogen-bond donors (Lipinski definition) is 1. The smallest absolute Gasteiger partial charge is 0.327 e. The van der Waals surface area contributed by atoms with Crippen molar-refractivity contribution < 1.29 is 18.7 Å². The van der Waals surface area contributed by atoms with Gasteiger partial charge in [-0.2, -0.15) is 0 Å². The van der Waals surface area contributed by atoms with Gasteiger partial charge in [0.1, 0.15) is 11.9 Å². The standard InChI is InChI=1S/C17H23FN2O3/c1-3-19-16(21)13-5-4-10-20(11-13)15(17(22)23-2)12-6-8-14(18)9-7-12/h6-9,13,15H,3-5,10-11H2,1-2H3,(H,19,21). The van der Waals surface area contributed by atoms with Gasteiger partial charge in [-0.25, -0.2) is 9.18 Å². The number of methoxy groups -OCH3 is 1. The average Bonchev–Trinajstić information content (AvgIpc) is 2.57. The van der Waals surface area contributed by atoms with Crippen LogP contribution < -0.4 is 5.32 Å². The van der Waals surface area contributed by atoms with Crippen molar-refractivity contribution in [1.29, 1.82) is 0 Å². The molecule has 2 rings (SSSR count). The first-order valence-electron chi connectivity index (χ1n) is 7.91. The minimum Gasteiger partial charge on any atom is -0.468 e. The van der Waals surface area contributed by atoms with E-state index in [-0.39, 0.29) is 17.6 Å². The minimum absolute atomic E-state index is 0.0138. The molecule has 1 aliphatic heterocycles. The quantitative estimate of drug-likeness (QED) is 0.841. The minimum atomic E-state index is -0.613. The predicted molar refractivity (Wildman–Crippen MR) is 84.1 cm³/mol. The summed E-state index contributed by atoms with van der Waals surface area (Å²) >= 11 is 0. The van der Waals surface area contributed by atoms with E-state index in [1.54, 1.807) is 12.1 Å². The van der Waals surface area contributed by atoms with Crippen molar-refractivity contribution in [3.63, 3.8) is 0 Å². The molecule has 0 saturated carbocycles. The van der Waals surface area contributed by atoms with Crippen LogP contribution in [0.5, 0.6) is 0 Å². The Morgan fingerprint density at radius 2 is 2.09 bits per heavy atom. The third-order valence-electron chi connectivity index (χ3n) is 4.15. The molecule has 6 heteroatoms. The SMILES string of the molecule is CCNC(=O)C1CCCN(C(C(=O)OC)c2ccc(F)cc2)C1. The molecule has 0 aliphatic carbocycles. The van der Waals surface area contributed by atoms with E-state index in [2.05, 4.69) is 5.32 Å². The van der Waals surface area contributed by atoms with Crippen molar-refractivity contribution in [3.8, 4) is 0 Å². The van der Waals surface area contributed by atoms with Crippen LogP contribution in [0.4, 0.5) is 4.39 Å². The Morgan fingerprint density at radius 1 is 1.39 bits per heavy atom. The fourth-order valence-corrected chi connectivity index (χ4v) is 3.03. The molecule has 2 atom stereocenters. The van der Waals surface area contributed by atoms with E-state index in [9.17, 15) is 14.0 Å². The van der Waals surface area contributed by atoms with Crippen molar-refractivity contribution >= 4 is 11.9 Å². The number of nitrogens with zero attached hydrogens (tertiary/aromatic N) is 1. The Morgan fingerprint density at radius 3 is 2.70 bits per heavy atom. The number of likely N-dealkylation sites (tertiary alicyclic amines) is 1. The molecule has 1 fully saturated rings. The highest BCUT2D eigenvalue weighted by molar-refractivity contribution is 5.80. The van der Waals surface area contributed by atoms with Crippen LogP contribution in [0.25, 0.3) is 0 Å². The van der Waals surface area contributed by atoms with Crippen LogP contribution in [0.3, 0.4) is 0 Å². The normalized spacial score (nSPS) is 19.9. The number of hydrogen-bond acceptors (Lipinski definition) is 4. The van der Waals surface area contributed by atoms with Gasteiger partial charge in [-0.15, -0.1) is 0 Å². The number of carbonyl (C=O) groups is 2. The van der Waals surface area contributed by atoms with Crippen molar-refractivity contribution in [2.24, 2.45) is 5.92 Å². The van der Waals surface area contributed by atoms with E-state index in [1.165, 1.54) is 19.2 Å². The van der Waals surface area contributed by atoms with Gasteiger partial charge < -0.3 is 10.1 Å². The van der Waals surface area contributed by atoms with Gasteiger partial charge in [0.05, 0.1) is 13.0 Å². The number of carbonyl (C=O) groups excluding carboxylic acids is 2. The Hall–Kier alpha value is -1.95. The molecule has 1 amide bonds. The first-order valence-corrected chi connectivity index (χ1v) is 7.91. The maximum atomic E-state index is 13.1. The summed E-state index contributed by atoms with van der Waals surface area (Å²) in [5, 5.41) is 2.83. The number of benzene rings is 1. The zero-order valence-corrected chi connectivity index (χ0v) is 13.5. The van der Waals surface area contributed by atoms with Gasteiger partial charge in [0.15, 0.2) is 0 Å². The van der Waals surface area contributed by atoms with E-state index in [0.717, 1.165) is 12.8 Å². The summed E-state index contributed by atoms with van der Waals surface area (Å²) in [5.74, 6) is -0.874. The van der Waals surface area contributed by atoms with Crippen LogP contribution in [0.2, 0.25) is 0 Å². The number of esters is 1. The third-order valence-corrected chi connectivity index (χ3v) is 4.15. The molecule has 1 aromatic rings. The molecule has 1 heterocycles. The number of piperidine rings is 1. The fraction of sp³-hybridized carbons (Fsp3) is 0.529. The summed E-state index contributed by atoms with van der Waals surface area (Å²) < 4.78 is 18.1. The summed E-state index contributed by atoms with van der Waals surface area (Å²) in [7, 11) is 1.34. The molecular weight excluding hydrogens is 299 g/mol. The van der Waals surface area contributed by atoms with Gasteiger partial charge in [0, 0.05) is 13.1 Å². The Balaban J connectivity index is 2.20. The zero-order chi connectivity index (χ0) is 16.8. The van der Waals surface area contributed by atoms with Crippen LogP contribution in [-0.4, -0.2) is 43.5 Å². The lowest BCUT2D eigenvalue weighted by Gasteiger charge is -2.36. The van der Waals surface area contributed by atoms with Gasteiger partial charge >= 0.3 is 5.97 Å². The van der Waals surface area contributed by atoms with Crippen molar-refractivity contribution in [3.05, 3.63) is 35.6 Å². The summed E-state index contributed by atoms with van der Waals surface area (Å²) in [6.45, 7) is 3.66. The molecule has 0 spiro atoms. The summed E-state index contributed by atoms with van der Waals surface area (Å²) in [5.41, 5.74) is 0.676. The monoisotopic (exact) mass is 322 g/mol. The maximum absolute atomic E-state index is 13.1. The second-order valence-corrected chi connectivity index (χ2v) is 5.71. The molecule has 1 N–H and O–H groups in total. The number of nitrogens with one attached hydrogen (secondary N) is 1. The lowest BCUT2D eigenvalue weighted by Crippen LogP contribution is -2.46. The van der Waals surface area contributed by atoms with Gasteiger partial charge in [-0.1, -0.05) is 12.1 Å². The second-order valence-electron chi connectivity index (χ2n) is 5.71. The first kappa shape index (κ1) is 17.4. The van der Waals surface area contributed by atoms with Crippen molar-refractivity contribution in [2.45, 2.75) is 25.8 Å². The van der Waals surface area contributed by atoms with Crippen LogP contribution in [-0.2, 0) is 14.3 Å². The maximum Gasteiger partial charge on any atom is 0.327 e. The molecule has 126 valence electrons. The van der Waals surface area contributed by atoms with Gasteiger partial charge in [0.25, 0.3) is 0 Å². The number of halogens is 1. The first-order chi connectivity index (χ1) is 11.1. The molecule has 5 nitrogen and oxygen atoms in total. The number of amides is 1. The topological polar surface area (TPSA) is 58.6 Å². The molecule has 2 unspecified atom stereocenters. The van der Waals surface area contributed by atoms with Gasteiger partial charge in [-0.05, 0) is 44.0 Å². The van der Waals surface area contributed by atoms with E-state index in [1.807, 2.05) is 11.8 Å². The summed E-state index contributed by atoms with van der Waals surface area (Å²) in [4.78, 5) is 26.3. The average molecular weight is 322 g/mol. The van der Waals surface area contributed by atoms with Crippen LogP contribution in [0.15, 0.2) is 24.3 Å². The summed E-state index contributed by atoms with van der Waals surface area (Å²) in [6.07, 6.45) is 1.64. The fourth-order valence-electron chi connectivity index (χ4n) is 3.03. The Kier molecular flexibility index (Phi) is 6.10. The van der Waals surface area contributed by atoms with E-state index < -0.39 is 12.0 Å². The third kappa shape index (κ3) is 4.28. The van der Waals surface area contributed by atoms with E-state index in [4.69, 9.17) is 4.74 Å². The number of ether oxygens (including phenoxy) is 1. The van der Waals surface area contributed by atoms with E-state index in [0.29, 0.717) is 25.2 Å². The van der Waals surface area contributed by atoms with E-state index >= 15 is 0 Å². The van der Waals surface area contributed by atoms with Crippen LogP contribution >= 0.6 is 0 Å². The second kappa shape index (κ2) is 8.06. The highest BCUT2D eigenvalue weighted by Crippen LogP contribution is 2.28. The molecule has 1 aliphatic rings. The highest BCUT2D eigenvalue weighted by Gasteiger charge is 2.34. The van der Waals surface area contributed by atoms with Gasteiger partial charge in [0.2, 0.25) is 5.91 Å². The lowest BCUT2D eigenvalue weighted by atomic mass is 9.94. The molecule has 0 aromatic heterocycles. The predicted octanol–water partition coefficient (Wildman–Crippen LogP) is 1.89. The van der Waals surface area contributed by atoms with Gasteiger partial charge in [-0.3, -0.25) is 9.69 Å². The summed E-state index contributed by atoms with van der Waals surface area (Å²) in [6, 6.07) is 5.23. The lowest BCUT2D eigenvalue weighted by molar-refractivity contribution is -0.149. The zero-order valence-electron chi connectivity index (χ0n) is 13.5. The largest absolute Gasteiger partial charge is 0.468 e. The van der Waals surface area contributed by atoms with Crippen molar-refractivity contribution in [1.82, 2.24) is 10.2 Å². The Labute approximate surface area is 135 Å². The number of rotatable bonds is 5. The van der Waals surface area contributed by atoms with Crippen LogP contribution in [0, 0.1) is 11.7 Å². The molecular formula is C17H23FN2O3. The molecule has 1 saturated heterocycles. The Bertz CT molecular complexity index is 547. The molecule has 0 bridgehead atoms. The highest BCUT2D eigenvalue weighted by atomic mass is 19.1. The molecule has 23 heavy (non-hydrogen) atoms. The molecule has 0 radical (unpaired) electrons. The molecule has 1 aromatic carbocycles. The van der Waals surface area contributed by atoms with Crippen molar-refractivity contribution in [2.75, 3.05) is 26.7 Å². The van der Waals surface area contributed by atoms with Crippen LogP contribution in [0.1, 0.15) is 31.4 Å².